The van der Waals surface area contributed by atoms with Crippen molar-refractivity contribution in [3.05, 3.63) is 52.8 Å². The van der Waals surface area contributed by atoms with Crippen LogP contribution in [0.4, 0.5) is 5.95 Å². The summed E-state index contributed by atoms with van der Waals surface area (Å²) in [5.74, 6) is 0.554. The van der Waals surface area contributed by atoms with Gasteiger partial charge in [-0.3, -0.25) is 14.5 Å². The van der Waals surface area contributed by atoms with Gasteiger partial charge in [-0.1, -0.05) is 0 Å². The predicted molar refractivity (Wildman–Crippen MR) is 101 cm³/mol. The SMILES string of the molecule is Nc1nc2c(C3C=C(Br)C(Br)=N3)nccc2n1-c1ccc(O)cc1. The van der Waals surface area contributed by atoms with Crippen LogP contribution in [0.1, 0.15) is 11.7 Å². The molecule has 0 saturated heterocycles. The number of aromatic hydroxyl groups is 1. The fourth-order valence-corrected chi connectivity index (χ4v) is 3.41. The number of fused-ring (bicyclic) bond motifs is 1. The molecule has 0 spiro atoms. The van der Waals surface area contributed by atoms with Crippen LogP contribution in [0, 0.1) is 0 Å². The molecule has 1 aromatic carbocycles. The van der Waals surface area contributed by atoms with E-state index in [0.29, 0.717) is 11.5 Å². The standard InChI is InChI=1S/C16H11Br2N5O/c17-10-7-11(21-15(10)18)13-14-12(5-6-20-13)23(16(19)22-14)8-1-3-9(24)4-2-8/h1-7,11,24H,(H2,19,22). The molecule has 0 fully saturated rings. The zero-order chi connectivity index (χ0) is 16.8. The number of aromatic nitrogens is 3. The number of halogens is 2. The van der Waals surface area contributed by atoms with Crippen molar-refractivity contribution in [1.29, 1.82) is 0 Å². The highest BCUT2D eigenvalue weighted by Gasteiger charge is 2.23. The molecule has 3 aromatic rings. The number of imidazole rings is 1. The zero-order valence-corrected chi connectivity index (χ0v) is 15.4. The minimum atomic E-state index is -0.222. The molecule has 120 valence electrons. The second kappa shape index (κ2) is 5.71. The largest absolute Gasteiger partial charge is 0.508 e. The molecule has 0 radical (unpaired) electrons. The number of rotatable bonds is 2. The maximum Gasteiger partial charge on any atom is 0.206 e. The fraction of sp³-hybridized carbons (Fsp3) is 0.0625. The van der Waals surface area contributed by atoms with Crippen molar-refractivity contribution in [2.75, 3.05) is 5.73 Å². The van der Waals surface area contributed by atoms with E-state index < -0.39 is 0 Å². The van der Waals surface area contributed by atoms with Crippen LogP contribution in [-0.4, -0.2) is 24.3 Å². The molecular weight excluding hydrogens is 438 g/mol. The van der Waals surface area contributed by atoms with Crippen molar-refractivity contribution >= 4 is 53.5 Å². The normalized spacial score (nSPS) is 17.2. The number of hydrogen-bond acceptors (Lipinski definition) is 5. The van der Waals surface area contributed by atoms with Gasteiger partial charge in [-0.05, 0) is 68.3 Å². The summed E-state index contributed by atoms with van der Waals surface area (Å²) in [6.45, 7) is 0. The number of nitrogens with two attached hydrogens (primary N) is 1. The number of pyridine rings is 1. The minimum Gasteiger partial charge on any atom is -0.508 e. The van der Waals surface area contributed by atoms with Crippen molar-refractivity contribution in [2.45, 2.75) is 6.04 Å². The lowest BCUT2D eigenvalue weighted by Crippen LogP contribution is -2.00. The molecule has 1 atom stereocenters. The van der Waals surface area contributed by atoms with E-state index in [4.69, 9.17) is 5.73 Å². The third-order valence-corrected chi connectivity index (χ3v) is 5.57. The zero-order valence-electron chi connectivity index (χ0n) is 12.2. The van der Waals surface area contributed by atoms with Crippen LogP contribution in [0.25, 0.3) is 16.7 Å². The Morgan fingerprint density at radius 3 is 2.54 bits per heavy atom. The van der Waals surface area contributed by atoms with Crippen molar-refractivity contribution in [2.24, 2.45) is 4.99 Å². The van der Waals surface area contributed by atoms with E-state index in [0.717, 1.165) is 26.0 Å². The number of phenols is 1. The first-order valence-electron chi connectivity index (χ1n) is 7.08. The minimum absolute atomic E-state index is 0.198. The number of anilines is 1. The molecule has 8 heteroatoms. The Balaban J connectivity index is 1.92. The lowest BCUT2D eigenvalue weighted by atomic mass is 10.1. The first-order valence-corrected chi connectivity index (χ1v) is 8.66. The van der Waals surface area contributed by atoms with E-state index >= 15 is 0 Å². The van der Waals surface area contributed by atoms with E-state index in [-0.39, 0.29) is 11.8 Å². The second-order valence-electron chi connectivity index (χ2n) is 5.27. The third kappa shape index (κ3) is 2.42. The molecule has 0 bridgehead atoms. The van der Waals surface area contributed by atoms with Crippen molar-refractivity contribution in [3.63, 3.8) is 0 Å². The van der Waals surface area contributed by atoms with Gasteiger partial charge in [0.2, 0.25) is 5.95 Å². The van der Waals surface area contributed by atoms with Gasteiger partial charge in [-0.25, -0.2) is 4.98 Å². The lowest BCUT2D eigenvalue weighted by Gasteiger charge is -2.08. The van der Waals surface area contributed by atoms with Crippen LogP contribution < -0.4 is 5.73 Å². The molecule has 3 N–H and O–H groups in total. The number of aliphatic imine (C=N–C) groups is 1. The van der Waals surface area contributed by atoms with Crippen molar-refractivity contribution in [1.82, 2.24) is 14.5 Å². The van der Waals surface area contributed by atoms with Gasteiger partial charge in [-0.15, -0.1) is 0 Å². The summed E-state index contributed by atoms with van der Waals surface area (Å²) < 4.78 is 3.46. The highest BCUT2D eigenvalue weighted by Crippen LogP contribution is 2.35. The molecule has 1 aliphatic rings. The first-order chi connectivity index (χ1) is 11.5. The molecule has 4 rings (SSSR count). The highest BCUT2D eigenvalue weighted by atomic mass is 79.9. The average molecular weight is 449 g/mol. The summed E-state index contributed by atoms with van der Waals surface area (Å²) in [5.41, 5.74) is 9.24. The molecule has 0 saturated carbocycles. The number of nitrogen functional groups attached to an aromatic ring is 1. The Morgan fingerprint density at radius 2 is 1.88 bits per heavy atom. The molecule has 0 aliphatic carbocycles. The van der Waals surface area contributed by atoms with Gasteiger partial charge in [0.05, 0.1) is 11.2 Å². The summed E-state index contributed by atoms with van der Waals surface area (Å²) in [6, 6.07) is 8.44. The fourth-order valence-electron chi connectivity index (χ4n) is 2.70. The molecular formula is C16H11Br2N5O. The van der Waals surface area contributed by atoms with Gasteiger partial charge >= 0.3 is 0 Å². The highest BCUT2D eigenvalue weighted by molar-refractivity contribution is 9.20. The summed E-state index contributed by atoms with van der Waals surface area (Å²) in [5, 5.41) is 9.48. The Hall–Kier alpha value is -2.19. The maximum absolute atomic E-state index is 9.48. The topological polar surface area (TPSA) is 89.3 Å². The smallest absolute Gasteiger partial charge is 0.206 e. The van der Waals surface area contributed by atoms with E-state index in [9.17, 15) is 5.11 Å². The van der Waals surface area contributed by atoms with Gasteiger partial charge in [-0.2, -0.15) is 0 Å². The molecule has 1 aliphatic heterocycles. The monoisotopic (exact) mass is 447 g/mol. The Morgan fingerprint density at radius 1 is 1.12 bits per heavy atom. The quantitative estimate of drug-likeness (QED) is 0.623. The number of allylic oxidation sites excluding steroid dienone is 1. The Labute approximate surface area is 154 Å². The second-order valence-corrected chi connectivity index (χ2v) is 6.87. The summed E-state index contributed by atoms with van der Waals surface area (Å²) in [4.78, 5) is 13.5. The Kier molecular flexibility index (Phi) is 3.65. The molecule has 2 aromatic heterocycles. The average Bonchev–Trinajstić information content (AvgIpc) is 3.07. The van der Waals surface area contributed by atoms with Gasteiger partial charge in [0.15, 0.2) is 0 Å². The third-order valence-electron chi connectivity index (χ3n) is 3.77. The van der Waals surface area contributed by atoms with Gasteiger partial charge in [0.1, 0.15) is 21.9 Å². The van der Waals surface area contributed by atoms with Crippen molar-refractivity contribution < 1.29 is 5.11 Å². The molecule has 0 amide bonds. The number of nitrogens with zero attached hydrogens (tertiary/aromatic N) is 4. The van der Waals surface area contributed by atoms with E-state index in [1.165, 1.54) is 0 Å². The van der Waals surface area contributed by atoms with Crippen LogP contribution >= 0.6 is 31.9 Å². The van der Waals surface area contributed by atoms with Crippen LogP contribution in [0.5, 0.6) is 5.75 Å². The summed E-state index contributed by atoms with van der Waals surface area (Å²) in [7, 11) is 0. The van der Waals surface area contributed by atoms with Crippen LogP contribution in [0.3, 0.4) is 0 Å². The van der Waals surface area contributed by atoms with Crippen molar-refractivity contribution in [3.8, 4) is 11.4 Å². The van der Waals surface area contributed by atoms with Gasteiger partial charge < -0.3 is 10.8 Å². The lowest BCUT2D eigenvalue weighted by molar-refractivity contribution is 0.475. The summed E-state index contributed by atoms with van der Waals surface area (Å²) in [6.07, 6.45) is 3.68. The predicted octanol–water partition coefficient (Wildman–Crippen LogP) is 3.84. The van der Waals surface area contributed by atoms with Crippen LogP contribution in [0.2, 0.25) is 0 Å². The van der Waals surface area contributed by atoms with Gasteiger partial charge in [0.25, 0.3) is 0 Å². The number of phenolic OH excluding ortho intramolecular Hbond substituents is 1. The van der Waals surface area contributed by atoms with Crippen LogP contribution in [-0.2, 0) is 0 Å². The van der Waals surface area contributed by atoms with Gasteiger partial charge in [0, 0.05) is 16.4 Å². The first kappa shape index (κ1) is 15.3. The van der Waals surface area contributed by atoms with E-state index in [2.05, 4.69) is 46.8 Å². The summed E-state index contributed by atoms with van der Waals surface area (Å²) >= 11 is 6.85. The Bertz CT molecular complexity index is 989. The molecule has 1 unspecified atom stereocenters. The number of hydrogen-bond donors (Lipinski definition) is 2. The number of benzene rings is 1. The molecule has 3 heterocycles. The van der Waals surface area contributed by atoms with Crippen LogP contribution in [0.15, 0.2) is 52.1 Å². The maximum atomic E-state index is 9.48. The van der Waals surface area contributed by atoms with E-state index in [1.807, 2.05) is 16.7 Å². The van der Waals surface area contributed by atoms with E-state index in [1.54, 1.807) is 30.5 Å². The molecule has 24 heavy (non-hydrogen) atoms. The molecule has 6 nitrogen and oxygen atoms in total.